The molecule has 0 aromatic heterocycles. The number of urea groups is 1. The molecule has 106 valence electrons. The second kappa shape index (κ2) is 5.16. The third kappa shape index (κ3) is 2.56. The maximum atomic E-state index is 12.2. The lowest BCUT2D eigenvalue weighted by molar-refractivity contribution is -0.134. The van der Waals surface area contributed by atoms with Crippen LogP contribution in [-0.2, 0) is 9.59 Å². The molecule has 0 bridgehead atoms. The van der Waals surface area contributed by atoms with Gasteiger partial charge >= 0.3 is 6.03 Å². The molecule has 0 aromatic rings. The first-order chi connectivity index (χ1) is 8.98. The van der Waals surface area contributed by atoms with E-state index in [4.69, 9.17) is 0 Å². The molecule has 2 aliphatic rings. The van der Waals surface area contributed by atoms with Gasteiger partial charge in [0.25, 0.3) is 5.91 Å². The molecule has 2 fully saturated rings. The van der Waals surface area contributed by atoms with Gasteiger partial charge in [0.1, 0.15) is 5.54 Å². The summed E-state index contributed by atoms with van der Waals surface area (Å²) in [4.78, 5) is 36.9. The van der Waals surface area contributed by atoms with Crippen LogP contribution in [0.2, 0.25) is 0 Å². The fraction of sp³-hybridized carbons (Fsp3) is 0.750. The number of imide groups is 1. The minimum absolute atomic E-state index is 0.0202. The van der Waals surface area contributed by atoms with Crippen molar-refractivity contribution in [3.8, 4) is 0 Å². The van der Waals surface area contributed by atoms with Crippen LogP contribution in [0.15, 0.2) is 0 Å². The molecule has 2 heterocycles. The molecule has 2 aliphatic heterocycles. The molecular weight excluding hydrogens is 248 g/mol. The number of hydrogen-bond donors (Lipinski definition) is 3. The van der Waals surface area contributed by atoms with Gasteiger partial charge in [-0.05, 0) is 13.0 Å². The van der Waals surface area contributed by atoms with Crippen LogP contribution >= 0.6 is 0 Å². The van der Waals surface area contributed by atoms with E-state index < -0.39 is 11.6 Å². The fourth-order valence-corrected chi connectivity index (χ4v) is 2.57. The summed E-state index contributed by atoms with van der Waals surface area (Å²) in [6.07, 6.45) is 0.476. The van der Waals surface area contributed by atoms with E-state index in [-0.39, 0.29) is 24.3 Å². The predicted molar refractivity (Wildman–Crippen MR) is 68.3 cm³/mol. The van der Waals surface area contributed by atoms with Crippen molar-refractivity contribution in [2.24, 2.45) is 5.92 Å². The second-order valence-electron chi connectivity index (χ2n) is 5.21. The normalized spacial score (nSPS) is 27.6. The zero-order valence-electron chi connectivity index (χ0n) is 11.3. The monoisotopic (exact) mass is 268 g/mol. The van der Waals surface area contributed by atoms with Crippen LogP contribution in [0, 0.1) is 5.92 Å². The quantitative estimate of drug-likeness (QED) is 0.573. The lowest BCUT2D eigenvalue weighted by Gasteiger charge is -2.23. The van der Waals surface area contributed by atoms with Gasteiger partial charge in [-0.3, -0.25) is 14.9 Å². The van der Waals surface area contributed by atoms with Gasteiger partial charge in [-0.2, -0.15) is 0 Å². The number of nitrogens with zero attached hydrogens (tertiary/aromatic N) is 1. The van der Waals surface area contributed by atoms with Gasteiger partial charge in [0, 0.05) is 19.0 Å². The van der Waals surface area contributed by atoms with Crippen LogP contribution < -0.4 is 16.0 Å². The van der Waals surface area contributed by atoms with Crippen molar-refractivity contribution in [2.75, 3.05) is 26.2 Å². The van der Waals surface area contributed by atoms with Gasteiger partial charge in [-0.15, -0.1) is 0 Å². The highest BCUT2D eigenvalue weighted by atomic mass is 16.2. The minimum atomic E-state index is -0.912. The van der Waals surface area contributed by atoms with Gasteiger partial charge in [-0.25, -0.2) is 4.79 Å². The maximum absolute atomic E-state index is 12.2. The Balaban J connectivity index is 1.96. The second-order valence-corrected chi connectivity index (χ2v) is 5.21. The van der Waals surface area contributed by atoms with E-state index in [0.717, 1.165) is 6.54 Å². The summed E-state index contributed by atoms with van der Waals surface area (Å²) in [6.45, 7) is 6.06. The van der Waals surface area contributed by atoms with Crippen molar-refractivity contribution in [1.29, 1.82) is 0 Å². The molecule has 7 heteroatoms. The Hall–Kier alpha value is -1.63. The molecule has 2 atom stereocenters. The van der Waals surface area contributed by atoms with Crippen LogP contribution in [0.25, 0.3) is 0 Å². The zero-order valence-corrected chi connectivity index (χ0v) is 11.3. The summed E-state index contributed by atoms with van der Waals surface area (Å²) in [5.41, 5.74) is -0.912. The Morgan fingerprint density at radius 2 is 2.26 bits per heavy atom. The van der Waals surface area contributed by atoms with Crippen molar-refractivity contribution in [2.45, 2.75) is 25.8 Å². The Labute approximate surface area is 112 Å². The fourth-order valence-electron chi connectivity index (χ4n) is 2.57. The highest BCUT2D eigenvalue weighted by Gasteiger charge is 2.51. The van der Waals surface area contributed by atoms with Crippen LogP contribution in [0.5, 0.6) is 0 Å². The largest absolute Gasteiger partial charge is 0.339 e. The summed E-state index contributed by atoms with van der Waals surface area (Å²) >= 11 is 0. The summed E-state index contributed by atoms with van der Waals surface area (Å²) in [5.74, 6) is -0.436. The molecule has 3 N–H and O–H groups in total. The molecular formula is C12H20N4O3. The standard InChI is InChI=1S/C12H20N4O3/c1-3-13-6-8(2)9(17)16-5-4-12(7-16)10(18)14-11(19)15-12/h8,13H,3-7H2,1-2H3,(H2,14,15,18,19). The molecule has 2 unspecified atom stereocenters. The number of amides is 4. The van der Waals surface area contributed by atoms with E-state index in [0.29, 0.717) is 19.5 Å². The molecule has 2 rings (SSSR count). The van der Waals surface area contributed by atoms with Crippen LogP contribution in [0.3, 0.4) is 0 Å². The Morgan fingerprint density at radius 1 is 1.53 bits per heavy atom. The van der Waals surface area contributed by atoms with Gasteiger partial charge in [-0.1, -0.05) is 13.8 Å². The molecule has 0 saturated carbocycles. The number of carbonyl (C=O) groups is 3. The van der Waals surface area contributed by atoms with Crippen LogP contribution in [0.1, 0.15) is 20.3 Å². The smallest absolute Gasteiger partial charge is 0.322 e. The van der Waals surface area contributed by atoms with E-state index in [1.165, 1.54) is 0 Å². The van der Waals surface area contributed by atoms with Crippen molar-refractivity contribution >= 4 is 17.8 Å². The van der Waals surface area contributed by atoms with Gasteiger partial charge in [0.15, 0.2) is 0 Å². The Morgan fingerprint density at radius 3 is 2.84 bits per heavy atom. The topological polar surface area (TPSA) is 90.5 Å². The third-order valence-electron chi connectivity index (χ3n) is 3.72. The van der Waals surface area contributed by atoms with Crippen molar-refractivity contribution in [1.82, 2.24) is 20.9 Å². The Bertz CT molecular complexity index is 412. The van der Waals surface area contributed by atoms with Crippen LogP contribution in [0.4, 0.5) is 4.79 Å². The Kier molecular flexibility index (Phi) is 3.75. The van der Waals surface area contributed by atoms with E-state index in [9.17, 15) is 14.4 Å². The van der Waals surface area contributed by atoms with E-state index in [1.807, 2.05) is 13.8 Å². The number of hydrogen-bond acceptors (Lipinski definition) is 4. The highest BCUT2D eigenvalue weighted by molar-refractivity contribution is 6.07. The maximum Gasteiger partial charge on any atom is 0.322 e. The SMILES string of the molecule is CCNCC(C)C(=O)N1CCC2(C1)NC(=O)NC2=O. The highest BCUT2D eigenvalue weighted by Crippen LogP contribution is 2.25. The number of rotatable bonds is 4. The molecule has 0 aliphatic carbocycles. The van der Waals surface area contributed by atoms with Crippen molar-refractivity contribution < 1.29 is 14.4 Å². The minimum Gasteiger partial charge on any atom is -0.339 e. The summed E-state index contributed by atoms with van der Waals surface area (Å²) < 4.78 is 0. The summed E-state index contributed by atoms with van der Waals surface area (Å²) in [7, 11) is 0. The molecule has 0 radical (unpaired) electrons. The first kappa shape index (κ1) is 13.8. The molecule has 19 heavy (non-hydrogen) atoms. The predicted octanol–water partition coefficient (Wildman–Crippen LogP) is -0.957. The van der Waals surface area contributed by atoms with E-state index in [2.05, 4.69) is 16.0 Å². The average Bonchev–Trinajstić information content (AvgIpc) is 2.91. The van der Waals surface area contributed by atoms with E-state index >= 15 is 0 Å². The molecule has 7 nitrogen and oxygen atoms in total. The lowest BCUT2D eigenvalue weighted by atomic mass is 9.99. The first-order valence-electron chi connectivity index (χ1n) is 6.61. The summed E-state index contributed by atoms with van der Waals surface area (Å²) in [5, 5.41) is 8.00. The van der Waals surface area contributed by atoms with E-state index in [1.54, 1.807) is 4.90 Å². The van der Waals surface area contributed by atoms with Gasteiger partial charge < -0.3 is 15.5 Å². The van der Waals surface area contributed by atoms with Crippen LogP contribution in [-0.4, -0.2) is 54.5 Å². The average molecular weight is 268 g/mol. The van der Waals surface area contributed by atoms with Crippen molar-refractivity contribution in [3.63, 3.8) is 0 Å². The molecule has 2 saturated heterocycles. The third-order valence-corrected chi connectivity index (χ3v) is 3.72. The number of nitrogens with one attached hydrogen (secondary N) is 3. The number of likely N-dealkylation sites (tertiary alicyclic amines) is 1. The zero-order chi connectivity index (χ0) is 14.0. The lowest BCUT2D eigenvalue weighted by Crippen LogP contribution is -2.50. The molecule has 4 amide bonds. The first-order valence-corrected chi connectivity index (χ1v) is 6.61. The summed E-state index contributed by atoms with van der Waals surface area (Å²) in [6, 6.07) is -0.472. The molecule has 0 aromatic carbocycles. The number of carbonyl (C=O) groups excluding carboxylic acids is 3. The van der Waals surface area contributed by atoms with Crippen molar-refractivity contribution in [3.05, 3.63) is 0 Å². The molecule has 1 spiro atoms. The van der Waals surface area contributed by atoms with Gasteiger partial charge in [0.05, 0.1) is 6.54 Å². The van der Waals surface area contributed by atoms with Gasteiger partial charge in [0.2, 0.25) is 5.91 Å².